The molecule has 0 spiro atoms. The van der Waals surface area contributed by atoms with Crippen molar-refractivity contribution in [1.82, 2.24) is 14.8 Å². The third kappa shape index (κ3) is 5.63. The second-order valence-corrected chi connectivity index (χ2v) is 7.36. The molecule has 0 N–H and O–H groups in total. The minimum atomic E-state index is 0.147. The summed E-state index contributed by atoms with van der Waals surface area (Å²) in [5.41, 5.74) is 2.21. The molecule has 6 nitrogen and oxygen atoms in total. The Morgan fingerprint density at radius 1 is 0.871 bits per heavy atom. The van der Waals surface area contributed by atoms with Gasteiger partial charge in [-0.1, -0.05) is 52.6 Å². The van der Waals surface area contributed by atoms with E-state index >= 15 is 0 Å². The number of benzene rings is 3. The SMILES string of the molecule is Clc1cccc(Cl)c1CON=C(Cn1cncn1)c1ccc(Oc2ccccc2)cc1. The van der Waals surface area contributed by atoms with E-state index in [2.05, 4.69) is 15.2 Å². The van der Waals surface area contributed by atoms with Crippen LogP contribution < -0.4 is 4.74 Å². The fourth-order valence-corrected chi connectivity index (χ4v) is 3.33. The van der Waals surface area contributed by atoms with E-state index in [4.69, 9.17) is 32.8 Å². The van der Waals surface area contributed by atoms with Gasteiger partial charge in [0.2, 0.25) is 0 Å². The van der Waals surface area contributed by atoms with Crippen LogP contribution in [-0.4, -0.2) is 20.5 Å². The molecule has 0 fully saturated rings. The zero-order valence-corrected chi connectivity index (χ0v) is 17.9. The summed E-state index contributed by atoms with van der Waals surface area (Å²) in [5, 5.41) is 9.54. The topological polar surface area (TPSA) is 61.5 Å². The molecule has 156 valence electrons. The van der Waals surface area contributed by atoms with Gasteiger partial charge in [-0.15, -0.1) is 0 Å². The Labute approximate surface area is 189 Å². The highest BCUT2D eigenvalue weighted by Gasteiger charge is 2.10. The first-order chi connectivity index (χ1) is 15.2. The fraction of sp³-hybridized carbons (Fsp3) is 0.0870. The highest BCUT2D eigenvalue weighted by atomic mass is 35.5. The Hall–Kier alpha value is -3.35. The third-order valence-electron chi connectivity index (χ3n) is 4.39. The van der Waals surface area contributed by atoms with Crippen molar-refractivity contribution in [2.75, 3.05) is 0 Å². The summed E-state index contributed by atoms with van der Waals surface area (Å²) in [7, 11) is 0. The Morgan fingerprint density at radius 2 is 1.58 bits per heavy atom. The molecule has 0 aliphatic carbocycles. The number of hydrogen-bond acceptors (Lipinski definition) is 5. The van der Waals surface area contributed by atoms with Gasteiger partial charge in [0.1, 0.15) is 36.5 Å². The molecule has 4 aromatic rings. The van der Waals surface area contributed by atoms with Crippen LogP contribution in [-0.2, 0) is 18.0 Å². The molecular weight excluding hydrogens is 435 g/mol. The maximum atomic E-state index is 6.21. The van der Waals surface area contributed by atoms with Crippen molar-refractivity contribution in [3.05, 3.63) is 107 Å². The van der Waals surface area contributed by atoms with E-state index in [9.17, 15) is 0 Å². The molecule has 0 saturated carbocycles. The van der Waals surface area contributed by atoms with Crippen molar-refractivity contribution in [2.24, 2.45) is 5.16 Å². The van der Waals surface area contributed by atoms with E-state index in [0.29, 0.717) is 27.9 Å². The van der Waals surface area contributed by atoms with Crippen molar-refractivity contribution in [2.45, 2.75) is 13.2 Å². The first kappa shape index (κ1) is 20.9. The van der Waals surface area contributed by atoms with E-state index < -0.39 is 0 Å². The molecule has 4 rings (SSSR count). The first-order valence-electron chi connectivity index (χ1n) is 9.46. The van der Waals surface area contributed by atoms with Crippen molar-refractivity contribution in [3.63, 3.8) is 0 Å². The molecule has 31 heavy (non-hydrogen) atoms. The van der Waals surface area contributed by atoms with Gasteiger partial charge in [0.05, 0.1) is 6.54 Å². The summed E-state index contributed by atoms with van der Waals surface area (Å²) >= 11 is 12.4. The standard InChI is InChI=1S/C23H18Cl2N4O2/c24-21-7-4-8-22(25)20(21)14-30-28-23(13-29-16-26-15-27-29)17-9-11-19(12-10-17)31-18-5-2-1-3-6-18/h1-12,15-16H,13-14H2. The zero-order chi connectivity index (χ0) is 21.5. The summed E-state index contributed by atoms with van der Waals surface area (Å²) in [6.07, 6.45) is 3.09. The van der Waals surface area contributed by atoms with Crippen molar-refractivity contribution in [1.29, 1.82) is 0 Å². The predicted octanol–water partition coefficient (Wildman–Crippen LogP) is 6.00. The van der Waals surface area contributed by atoms with Crippen LogP contribution in [0.25, 0.3) is 0 Å². The van der Waals surface area contributed by atoms with E-state index in [1.54, 1.807) is 29.2 Å². The number of ether oxygens (including phenoxy) is 1. The molecule has 0 radical (unpaired) electrons. The summed E-state index contributed by atoms with van der Waals surface area (Å²) in [4.78, 5) is 9.58. The van der Waals surface area contributed by atoms with Gasteiger partial charge in [-0.25, -0.2) is 9.67 Å². The second kappa shape index (κ2) is 10.1. The van der Waals surface area contributed by atoms with Gasteiger partial charge in [-0.3, -0.25) is 0 Å². The van der Waals surface area contributed by atoms with Crippen LogP contribution in [0.3, 0.4) is 0 Å². The molecule has 0 bridgehead atoms. The predicted molar refractivity (Wildman–Crippen MR) is 121 cm³/mol. The average molecular weight is 453 g/mol. The number of nitrogens with zero attached hydrogens (tertiary/aromatic N) is 4. The molecule has 8 heteroatoms. The maximum absolute atomic E-state index is 6.21. The van der Waals surface area contributed by atoms with Crippen LogP contribution >= 0.6 is 23.2 Å². The summed E-state index contributed by atoms with van der Waals surface area (Å²) in [5.74, 6) is 1.49. The highest BCUT2D eigenvalue weighted by molar-refractivity contribution is 6.35. The second-order valence-electron chi connectivity index (χ2n) is 6.54. The van der Waals surface area contributed by atoms with E-state index in [-0.39, 0.29) is 6.61 Å². The number of aromatic nitrogens is 3. The Bertz CT molecular complexity index is 1130. The number of oxime groups is 1. The molecule has 0 unspecified atom stereocenters. The Morgan fingerprint density at radius 3 is 2.26 bits per heavy atom. The van der Waals surface area contributed by atoms with E-state index in [1.807, 2.05) is 54.6 Å². The van der Waals surface area contributed by atoms with Crippen LogP contribution in [0.15, 0.2) is 90.6 Å². The van der Waals surface area contributed by atoms with Crippen LogP contribution in [0.4, 0.5) is 0 Å². The quantitative estimate of drug-likeness (QED) is 0.243. The number of halogens is 2. The first-order valence-corrected chi connectivity index (χ1v) is 10.2. The monoisotopic (exact) mass is 452 g/mol. The van der Waals surface area contributed by atoms with E-state index in [1.165, 1.54) is 6.33 Å². The van der Waals surface area contributed by atoms with E-state index in [0.717, 1.165) is 17.1 Å². The Kier molecular flexibility index (Phi) is 6.82. The molecule has 0 saturated heterocycles. The van der Waals surface area contributed by atoms with Crippen molar-refractivity contribution < 1.29 is 9.57 Å². The summed E-state index contributed by atoms with van der Waals surface area (Å²) < 4.78 is 7.52. The number of rotatable bonds is 8. The largest absolute Gasteiger partial charge is 0.457 e. The van der Waals surface area contributed by atoms with Crippen molar-refractivity contribution in [3.8, 4) is 11.5 Å². The van der Waals surface area contributed by atoms with Gasteiger partial charge in [-0.2, -0.15) is 5.10 Å². The lowest BCUT2D eigenvalue weighted by atomic mass is 10.1. The minimum absolute atomic E-state index is 0.147. The van der Waals surface area contributed by atoms with Gasteiger partial charge >= 0.3 is 0 Å². The minimum Gasteiger partial charge on any atom is -0.457 e. The van der Waals surface area contributed by atoms with Crippen LogP contribution in [0, 0.1) is 0 Å². The van der Waals surface area contributed by atoms with Gasteiger partial charge in [0.25, 0.3) is 0 Å². The molecule has 1 aromatic heterocycles. The fourth-order valence-electron chi connectivity index (χ4n) is 2.83. The normalized spacial score (nSPS) is 11.4. The molecule has 0 aliphatic rings. The summed E-state index contributed by atoms with van der Waals surface area (Å²) in [6, 6.07) is 22.5. The third-order valence-corrected chi connectivity index (χ3v) is 5.10. The van der Waals surface area contributed by atoms with Gasteiger partial charge < -0.3 is 9.57 Å². The maximum Gasteiger partial charge on any atom is 0.145 e. The lowest BCUT2D eigenvalue weighted by Gasteiger charge is -2.10. The molecule has 0 amide bonds. The molecule has 0 aliphatic heterocycles. The molecule has 1 heterocycles. The lowest BCUT2D eigenvalue weighted by Crippen LogP contribution is -2.13. The van der Waals surface area contributed by atoms with Gasteiger partial charge in [-0.05, 0) is 48.5 Å². The Balaban J connectivity index is 1.52. The smallest absolute Gasteiger partial charge is 0.145 e. The van der Waals surface area contributed by atoms with Gasteiger partial charge in [0, 0.05) is 21.2 Å². The van der Waals surface area contributed by atoms with Crippen molar-refractivity contribution >= 4 is 28.9 Å². The molecule has 0 atom stereocenters. The lowest BCUT2D eigenvalue weighted by molar-refractivity contribution is 0.130. The molecular formula is C23H18Cl2N4O2. The van der Waals surface area contributed by atoms with Gasteiger partial charge in [0.15, 0.2) is 0 Å². The zero-order valence-electron chi connectivity index (χ0n) is 16.4. The van der Waals surface area contributed by atoms with Crippen LogP contribution in [0.1, 0.15) is 11.1 Å². The van der Waals surface area contributed by atoms with Crippen LogP contribution in [0.2, 0.25) is 10.0 Å². The average Bonchev–Trinajstić information content (AvgIpc) is 3.30. The number of para-hydroxylation sites is 1. The highest BCUT2D eigenvalue weighted by Crippen LogP contribution is 2.25. The summed E-state index contributed by atoms with van der Waals surface area (Å²) in [6.45, 7) is 0.531. The molecule has 3 aromatic carbocycles. The van der Waals surface area contributed by atoms with Crippen LogP contribution in [0.5, 0.6) is 11.5 Å². The number of hydrogen-bond donors (Lipinski definition) is 0.